The largest absolute Gasteiger partial charge is 0.354 e. The summed E-state index contributed by atoms with van der Waals surface area (Å²) in [5, 5.41) is 0. The van der Waals surface area contributed by atoms with Crippen LogP contribution in [0.4, 0.5) is 5.69 Å². The normalized spacial score (nSPS) is 13.0. The Kier molecular flexibility index (Phi) is 4.47. The average Bonchev–Trinajstić information content (AvgIpc) is 2.97. The standard InChI is InChI=1S/C23H20N2O2/c1-2-24(16-25-22(26)20-10-6-7-11-21(20)23(25)27)19-14-12-18(13-15-19)17-8-4-3-5-9-17/h3-15H,2,16H2,1H3. The minimum Gasteiger partial charge on any atom is -0.354 e. The predicted octanol–water partition coefficient (Wildman–Crippen LogP) is 4.43. The van der Waals surface area contributed by atoms with Gasteiger partial charge in [0.1, 0.15) is 6.67 Å². The number of fused-ring (bicyclic) bond motifs is 1. The maximum atomic E-state index is 12.6. The lowest BCUT2D eigenvalue weighted by molar-refractivity contribution is 0.0654. The average molecular weight is 356 g/mol. The molecule has 1 aliphatic heterocycles. The summed E-state index contributed by atoms with van der Waals surface area (Å²) in [7, 11) is 0. The Balaban J connectivity index is 1.55. The van der Waals surface area contributed by atoms with Crippen LogP contribution < -0.4 is 4.90 Å². The van der Waals surface area contributed by atoms with Gasteiger partial charge in [-0.2, -0.15) is 0 Å². The van der Waals surface area contributed by atoms with E-state index in [1.54, 1.807) is 24.3 Å². The summed E-state index contributed by atoms with van der Waals surface area (Å²) in [5.74, 6) is -0.454. The lowest BCUT2D eigenvalue weighted by atomic mass is 10.1. The van der Waals surface area contributed by atoms with Crippen molar-refractivity contribution in [2.75, 3.05) is 18.1 Å². The van der Waals surface area contributed by atoms with Gasteiger partial charge in [-0.25, -0.2) is 0 Å². The van der Waals surface area contributed by atoms with E-state index in [-0.39, 0.29) is 18.5 Å². The molecule has 0 saturated heterocycles. The lowest BCUT2D eigenvalue weighted by Gasteiger charge is -2.27. The van der Waals surface area contributed by atoms with E-state index < -0.39 is 0 Å². The second-order valence-corrected chi connectivity index (χ2v) is 6.49. The quantitative estimate of drug-likeness (QED) is 0.635. The Labute approximate surface area is 158 Å². The van der Waals surface area contributed by atoms with E-state index in [0.29, 0.717) is 17.7 Å². The minimum atomic E-state index is -0.227. The Morgan fingerprint density at radius 1 is 0.704 bits per heavy atom. The number of imide groups is 1. The molecule has 0 fully saturated rings. The second kappa shape index (κ2) is 7.08. The van der Waals surface area contributed by atoms with Crippen LogP contribution in [-0.2, 0) is 0 Å². The number of benzene rings is 3. The van der Waals surface area contributed by atoms with Gasteiger partial charge < -0.3 is 4.90 Å². The van der Waals surface area contributed by atoms with Gasteiger partial charge in [0.25, 0.3) is 11.8 Å². The minimum absolute atomic E-state index is 0.227. The van der Waals surface area contributed by atoms with Crippen LogP contribution in [0.3, 0.4) is 0 Å². The van der Waals surface area contributed by atoms with Crippen LogP contribution in [0, 0.1) is 0 Å². The highest BCUT2D eigenvalue weighted by atomic mass is 16.2. The van der Waals surface area contributed by atoms with Crippen LogP contribution in [0.1, 0.15) is 27.6 Å². The van der Waals surface area contributed by atoms with E-state index in [1.165, 1.54) is 4.90 Å². The fourth-order valence-electron chi connectivity index (χ4n) is 3.40. The van der Waals surface area contributed by atoms with Gasteiger partial charge in [-0.1, -0.05) is 54.6 Å². The van der Waals surface area contributed by atoms with Crippen molar-refractivity contribution in [1.29, 1.82) is 0 Å². The van der Waals surface area contributed by atoms with E-state index in [9.17, 15) is 9.59 Å². The van der Waals surface area contributed by atoms with Crippen LogP contribution in [0.25, 0.3) is 11.1 Å². The molecule has 4 nitrogen and oxygen atoms in total. The number of nitrogens with zero attached hydrogens (tertiary/aromatic N) is 2. The third kappa shape index (κ3) is 3.10. The molecule has 0 N–H and O–H groups in total. The summed E-state index contributed by atoms with van der Waals surface area (Å²) >= 11 is 0. The molecule has 0 unspecified atom stereocenters. The Morgan fingerprint density at radius 3 is 1.78 bits per heavy atom. The maximum Gasteiger partial charge on any atom is 0.263 e. The molecule has 0 atom stereocenters. The summed E-state index contributed by atoms with van der Waals surface area (Å²) in [5.41, 5.74) is 4.24. The second-order valence-electron chi connectivity index (χ2n) is 6.49. The molecule has 0 spiro atoms. The molecule has 4 rings (SSSR count). The summed E-state index contributed by atoms with van der Waals surface area (Å²) in [6, 6.07) is 25.4. The van der Waals surface area contributed by atoms with E-state index in [2.05, 4.69) is 24.3 Å². The lowest BCUT2D eigenvalue weighted by Crippen LogP contribution is -2.41. The molecule has 3 aromatic carbocycles. The summed E-state index contributed by atoms with van der Waals surface area (Å²) in [6.45, 7) is 2.95. The summed E-state index contributed by atoms with van der Waals surface area (Å²) in [4.78, 5) is 28.6. The fraction of sp³-hybridized carbons (Fsp3) is 0.130. The number of anilines is 1. The van der Waals surface area contributed by atoms with Crippen molar-refractivity contribution in [3.8, 4) is 11.1 Å². The fourth-order valence-corrected chi connectivity index (χ4v) is 3.40. The molecule has 134 valence electrons. The van der Waals surface area contributed by atoms with Gasteiger partial charge in [-0.05, 0) is 42.3 Å². The van der Waals surface area contributed by atoms with Gasteiger partial charge in [-0.3, -0.25) is 14.5 Å². The molecule has 2 amide bonds. The first-order valence-corrected chi connectivity index (χ1v) is 9.04. The molecule has 27 heavy (non-hydrogen) atoms. The Bertz CT molecular complexity index is 946. The first kappa shape index (κ1) is 17.0. The summed E-state index contributed by atoms with van der Waals surface area (Å²) < 4.78 is 0. The number of rotatable bonds is 5. The summed E-state index contributed by atoms with van der Waals surface area (Å²) in [6.07, 6.45) is 0. The molecular weight excluding hydrogens is 336 g/mol. The molecule has 0 saturated carbocycles. The van der Waals surface area contributed by atoms with Crippen molar-refractivity contribution in [3.05, 3.63) is 90.0 Å². The first-order chi connectivity index (χ1) is 13.2. The molecule has 0 radical (unpaired) electrons. The highest BCUT2D eigenvalue weighted by molar-refractivity contribution is 6.21. The van der Waals surface area contributed by atoms with Gasteiger partial charge in [0.05, 0.1) is 11.1 Å². The molecule has 0 aliphatic carbocycles. The number of carbonyl (C=O) groups is 2. The Hall–Kier alpha value is -3.40. The third-order valence-corrected chi connectivity index (χ3v) is 4.91. The topological polar surface area (TPSA) is 40.6 Å². The van der Waals surface area contributed by atoms with Gasteiger partial charge >= 0.3 is 0 Å². The molecule has 4 heteroatoms. The number of carbonyl (C=O) groups excluding carboxylic acids is 2. The Morgan fingerprint density at radius 2 is 1.22 bits per heavy atom. The van der Waals surface area contributed by atoms with Crippen molar-refractivity contribution in [2.45, 2.75) is 6.92 Å². The molecule has 3 aromatic rings. The van der Waals surface area contributed by atoms with Gasteiger partial charge in [0, 0.05) is 12.2 Å². The zero-order valence-corrected chi connectivity index (χ0v) is 15.1. The van der Waals surface area contributed by atoms with Crippen molar-refractivity contribution in [2.24, 2.45) is 0 Å². The van der Waals surface area contributed by atoms with Crippen LogP contribution in [-0.4, -0.2) is 29.9 Å². The van der Waals surface area contributed by atoms with Crippen molar-refractivity contribution >= 4 is 17.5 Å². The van der Waals surface area contributed by atoms with Gasteiger partial charge in [0.2, 0.25) is 0 Å². The monoisotopic (exact) mass is 356 g/mol. The van der Waals surface area contributed by atoms with Crippen molar-refractivity contribution in [1.82, 2.24) is 4.90 Å². The SMILES string of the molecule is CCN(CN1C(=O)c2ccccc2C1=O)c1ccc(-c2ccccc2)cc1. The van der Waals surface area contributed by atoms with Gasteiger partial charge in [0.15, 0.2) is 0 Å². The number of hydrogen-bond donors (Lipinski definition) is 0. The van der Waals surface area contributed by atoms with Gasteiger partial charge in [-0.15, -0.1) is 0 Å². The molecule has 0 aromatic heterocycles. The zero-order valence-electron chi connectivity index (χ0n) is 15.1. The predicted molar refractivity (Wildman–Crippen MR) is 107 cm³/mol. The van der Waals surface area contributed by atoms with Crippen LogP contribution in [0.5, 0.6) is 0 Å². The van der Waals surface area contributed by atoms with E-state index >= 15 is 0 Å². The highest BCUT2D eigenvalue weighted by Crippen LogP contribution is 2.26. The van der Waals surface area contributed by atoms with E-state index in [1.807, 2.05) is 42.2 Å². The van der Waals surface area contributed by atoms with Crippen LogP contribution in [0.15, 0.2) is 78.9 Å². The van der Waals surface area contributed by atoms with Crippen LogP contribution >= 0.6 is 0 Å². The van der Waals surface area contributed by atoms with Crippen molar-refractivity contribution < 1.29 is 9.59 Å². The first-order valence-electron chi connectivity index (χ1n) is 9.04. The number of amides is 2. The molecule has 1 aliphatic rings. The number of hydrogen-bond acceptors (Lipinski definition) is 3. The van der Waals surface area contributed by atoms with E-state index in [4.69, 9.17) is 0 Å². The maximum absolute atomic E-state index is 12.6. The van der Waals surface area contributed by atoms with E-state index in [0.717, 1.165) is 16.8 Å². The molecule has 0 bridgehead atoms. The molecular formula is C23H20N2O2. The van der Waals surface area contributed by atoms with Crippen molar-refractivity contribution in [3.63, 3.8) is 0 Å². The zero-order chi connectivity index (χ0) is 18.8. The molecule has 1 heterocycles. The van der Waals surface area contributed by atoms with Crippen LogP contribution in [0.2, 0.25) is 0 Å². The smallest absolute Gasteiger partial charge is 0.263 e. The highest BCUT2D eigenvalue weighted by Gasteiger charge is 2.35. The third-order valence-electron chi connectivity index (χ3n) is 4.91.